The number of alkyl halides is 6. The van der Waals surface area contributed by atoms with E-state index >= 15 is 0 Å². The third kappa shape index (κ3) is 7.51. The maximum absolute atomic E-state index is 12.9. The van der Waals surface area contributed by atoms with Crippen molar-refractivity contribution in [2.24, 2.45) is 5.92 Å². The number of rotatable bonds is 12. The van der Waals surface area contributed by atoms with Gasteiger partial charge in [-0.1, -0.05) is 57.2 Å². The zero-order valence-electron chi connectivity index (χ0n) is 21.5. The summed E-state index contributed by atoms with van der Waals surface area (Å²) in [5.41, 5.74) is 2.70. The largest absolute Gasteiger partial charge is 0.493 e. The summed E-state index contributed by atoms with van der Waals surface area (Å²) in [5.74, 6) is -3.36. The predicted molar refractivity (Wildman–Crippen MR) is 133 cm³/mol. The molecule has 2 aromatic carbocycles. The zero-order valence-corrected chi connectivity index (χ0v) is 21.5. The van der Waals surface area contributed by atoms with E-state index < -0.39 is 29.8 Å². The average molecular weight is 549 g/mol. The summed E-state index contributed by atoms with van der Waals surface area (Å²) < 4.78 is 83.6. The summed E-state index contributed by atoms with van der Waals surface area (Å²) in [6.07, 6.45) is -10.6. The van der Waals surface area contributed by atoms with Crippen LogP contribution in [-0.4, -0.2) is 40.4 Å². The standard InChI is InChI=1S/C28H34F6O4/c1-4-18-13-22(10-7-19(18)9-12-24(37)25(27(29,30)31)28(32,33)34)26(5-2,6-3)17-38-23-11-8-20(15-35)21(14-23)16-36/h7-14,24-25,35-37H,4-6,15-17H2,1-3H3. The lowest BCUT2D eigenvalue weighted by molar-refractivity contribution is -0.300. The fourth-order valence-electron chi connectivity index (χ4n) is 4.45. The molecule has 2 aromatic rings. The van der Waals surface area contributed by atoms with E-state index in [2.05, 4.69) is 0 Å². The minimum Gasteiger partial charge on any atom is -0.493 e. The first kappa shape index (κ1) is 31.7. The van der Waals surface area contributed by atoms with Gasteiger partial charge in [-0.2, -0.15) is 26.3 Å². The van der Waals surface area contributed by atoms with Gasteiger partial charge in [-0.25, -0.2) is 0 Å². The van der Waals surface area contributed by atoms with E-state index in [0.717, 1.165) is 11.6 Å². The van der Waals surface area contributed by atoms with Crippen molar-refractivity contribution in [3.8, 4) is 5.75 Å². The molecule has 212 valence electrons. The average Bonchev–Trinajstić information content (AvgIpc) is 2.86. The van der Waals surface area contributed by atoms with Crippen molar-refractivity contribution in [1.82, 2.24) is 0 Å². The minimum atomic E-state index is -5.64. The van der Waals surface area contributed by atoms with Crippen LogP contribution in [-0.2, 0) is 25.0 Å². The van der Waals surface area contributed by atoms with Gasteiger partial charge < -0.3 is 20.1 Å². The second-order valence-electron chi connectivity index (χ2n) is 9.20. The van der Waals surface area contributed by atoms with Gasteiger partial charge in [-0.15, -0.1) is 0 Å². The van der Waals surface area contributed by atoms with Crippen molar-refractivity contribution in [3.05, 3.63) is 70.3 Å². The van der Waals surface area contributed by atoms with E-state index in [1.807, 2.05) is 26.8 Å². The molecule has 3 N–H and O–H groups in total. The topological polar surface area (TPSA) is 69.9 Å². The number of aryl methyl sites for hydroxylation is 1. The lowest BCUT2D eigenvalue weighted by Crippen LogP contribution is -2.44. The highest BCUT2D eigenvalue weighted by atomic mass is 19.4. The number of hydrogen-bond acceptors (Lipinski definition) is 4. The zero-order chi connectivity index (χ0) is 28.7. The summed E-state index contributed by atoms with van der Waals surface area (Å²) in [5, 5.41) is 28.7. The Morgan fingerprint density at radius 2 is 1.42 bits per heavy atom. The van der Waals surface area contributed by atoms with Crippen LogP contribution in [0.5, 0.6) is 5.75 Å². The summed E-state index contributed by atoms with van der Waals surface area (Å²) >= 11 is 0. The molecule has 0 spiro atoms. The second-order valence-corrected chi connectivity index (χ2v) is 9.20. The van der Waals surface area contributed by atoms with E-state index in [1.54, 1.807) is 30.3 Å². The molecule has 1 atom stereocenters. The third-order valence-electron chi connectivity index (χ3n) is 7.04. The van der Waals surface area contributed by atoms with Crippen LogP contribution in [0, 0.1) is 5.92 Å². The van der Waals surface area contributed by atoms with Gasteiger partial charge in [0.05, 0.1) is 25.9 Å². The third-order valence-corrected chi connectivity index (χ3v) is 7.04. The summed E-state index contributed by atoms with van der Waals surface area (Å²) in [6.45, 7) is 5.61. The Kier molecular flexibility index (Phi) is 10.8. The smallest absolute Gasteiger partial charge is 0.403 e. The highest BCUT2D eigenvalue weighted by molar-refractivity contribution is 5.56. The Bertz CT molecular complexity index is 1060. The predicted octanol–water partition coefficient (Wildman–Crippen LogP) is 6.49. The Balaban J connectivity index is 2.34. The van der Waals surface area contributed by atoms with Crippen LogP contribution in [0.2, 0.25) is 0 Å². The van der Waals surface area contributed by atoms with E-state index in [4.69, 9.17) is 4.74 Å². The summed E-state index contributed by atoms with van der Waals surface area (Å²) in [7, 11) is 0. The number of aliphatic hydroxyl groups excluding tert-OH is 3. The van der Waals surface area contributed by atoms with Gasteiger partial charge in [0.25, 0.3) is 0 Å². The molecule has 0 radical (unpaired) electrons. The Morgan fingerprint density at radius 1 is 0.816 bits per heavy atom. The molecule has 0 aliphatic heterocycles. The molecule has 1 unspecified atom stereocenters. The molecule has 10 heteroatoms. The van der Waals surface area contributed by atoms with E-state index in [1.165, 1.54) is 0 Å². The van der Waals surface area contributed by atoms with Gasteiger partial charge in [0, 0.05) is 5.41 Å². The fraction of sp³-hybridized carbons (Fsp3) is 0.500. The van der Waals surface area contributed by atoms with Gasteiger partial charge in [-0.05, 0) is 59.2 Å². The monoisotopic (exact) mass is 548 g/mol. The van der Waals surface area contributed by atoms with Crippen molar-refractivity contribution < 1.29 is 46.4 Å². The van der Waals surface area contributed by atoms with Gasteiger partial charge in [-0.3, -0.25) is 0 Å². The second kappa shape index (κ2) is 13.0. The van der Waals surface area contributed by atoms with Crippen LogP contribution < -0.4 is 4.74 Å². The molecule has 0 saturated heterocycles. The van der Waals surface area contributed by atoms with Crippen LogP contribution in [0.1, 0.15) is 61.4 Å². The summed E-state index contributed by atoms with van der Waals surface area (Å²) in [4.78, 5) is 0. The Hall–Kier alpha value is -2.56. The van der Waals surface area contributed by atoms with Crippen LogP contribution in [0.25, 0.3) is 6.08 Å². The Labute approximate surface area is 218 Å². The van der Waals surface area contributed by atoms with E-state index in [0.29, 0.717) is 53.3 Å². The first-order chi connectivity index (χ1) is 17.8. The first-order valence-electron chi connectivity index (χ1n) is 12.4. The molecule has 4 nitrogen and oxygen atoms in total. The van der Waals surface area contributed by atoms with Crippen LogP contribution >= 0.6 is 0 Å². The number of ether oxygens (including phenoxy) is 1. The van der Waals surface area contributed by atoms with Crippen molar-refractivity contribution in [3.63, 3.8) is 0 Å². The molecule has 38 heavy (non-hydrogen) atoms. The highest BCUT2D eigenvalue weighted by Gasteiger charge is 2.59. The van der Waals surface area contributed by atoms with Crippen LogP contribution in [0.15, 0.2) is 42.5 Å². The molecule has 0 amide bonds. The highest BCUT2D eigenvalue weighted by Crippen LogP contribution is 2.42. The summed E-state index contributed by atoms with van der Waals surface area (Å²) in [6, 6.07) is 10.3. The SMILES string of the molecule is CCc1cc(C(CC)(CC)COc2ccc(CO)c(CO)c2)ccc1C=CC(O)C(C(F)(F)F)C(F)(F)F. The van der Waals surface area contributed by atoms with Crippen LogP contribution in [0.4, 0.5) is 26.3 Å². The molecule has 0 aliphatic rings. The van der Waals surface area contributed by atoms with Crippen molar-refractivity contribution in [2.75, 3.05) is 6.61 Å². The fourth-order valence-corrected chi connectivity index (χ4v) is 4.45. The van der Waals surface area contributed by atoms with Crippen molar-refractivity contribution >= 4 is 6.08 Å². The number of halogens is 6. The van der Waals surface area contributed by atoms with Crippen molar-refractivity contribution in [1.29, 1.82) is 0 Å². The molecular weight excluding hydrogens is 514 g/mol. The maximum atomic E-state index is 12.9. The maximum Gasteiger partial charge on any atom is 0.403 e. The molecule has 0 aromatic heterocycles. The number of benzene rings is 2. The molecule has 0 saturated carbocycles. The molecule has 0 heterocycles. The molecule has 0 bridgehead atoms. The van der Waals surface area contributed by atoms with Crippen LogP contribution in [0.3, 0.4) is 0 Å². The van der Waals surface area contributed by atoms with Crippen molar-refractivity contribution in [2.45, 2.75) is 77.1 Å². The molecule has 0 fully saturated rings. The van der Waals surface area contributed by atoms with Gasteiger partial charge >= 0.3 is 12.4 Å². The Morgan fingerprint density at radius 3 is 1.92 bits per heavy atom. The van der Waals surface area contributed by atoms with Gasteiger partial charge in [0.1, 0.15) is 5.75 Å². The molecule has 2 rings (SSSR count). The lowest BCUT2D eigenvalue weighted by Gasteiger charge is -2.33. The van der Waals surface area contributed by atoms with Gasteiger partial charge in [0.2, 0.25) is 0 Å². The number of hydrogen-bond donors (Lipinski definition) is 3. The first-order valence-corrected chi connectivity index (χ1v) is 12.4. The lowest BCUT2D eigenvalue weighted by atomic mass is 9.75. The normalized spacial score (nSPS) is 13.9. The van der Waals surface area contributed by atoms with E-state index in [-0.39, 0.29) is 19.8 Å². The quantitative estimate of drug-likeness (QED) is 0.266. The number of aliphatic hydroxyl groups is 3. The minimum absolute atomic E-state index is 0.214. The molecule has 0 aliphatic carbocycles. The van der Waals surface area contributed by atoms with Gasteiger partial charge in [0.15, 0.2) is 5.92 Å². The molecular formula is C28H34F6O4. The van der Waals surface area contributed by atoms with E-state index in [9.17, 15) is 41.7 Å².